The third-order valence-corrected chi connectivity index (χ3v) is 6.32. The monoisotopic (exact) mass is 371 g/mol. The number of benzene rings is 1. The van der Waals surface area contributed by atoms with E-state index < -0.39 is 40.2 Å². The summed E-state index contributed by atoms with van der Waals surface area (Å²) >= 11 is 0. The first kappa shape index (κ1) is 20.0. The van der Waals surface area contributed by atoms with Gasteiger partial charge in [0.2, 0.25) is 0 Å². The number of nitrogens with two attached hydrogens (primary N) is 1. The molecule has 1 heterocycles. The molecule has 0 saturated carbocycles. The second kappa shape index (κ2) is 8.86. The zero-order valence-corrected chi connectivity index (χ0v) is 15.0. The molecule has 1 unspecified atom stereocenters. The van der Waals surface area contributed by atoms with Gasteiger partial charge in [-0.1, -0.05) is 18.2 Å². The van der Waals surface area contributed by atoms with Crippen molar-refractivity contribution in [2.45, 2.75) is 42.2 Å². The van der Waals surface area contributed by atoms with Crippen LogP contribution in [0.4, 0.5) is 0 Å². The highest BCUT2D eigenvalue weighted by Gasteiger charge is 2.46. The van der Waals surface area contributed by atoms with Crippen LogP contribution in [-0.2, 0) is 24.1 Å². The lowest BCUT2D eigenvalue weighted by atomic mass is 9.94. The van der Waals surface area contributed by atoms with Crippen LogP contribution in [0.25, 0.3) is 0 Å². The predicted molar refractivity (Wildman–Crippen MR) is 91.8 cm³/mol. The van der Waals surface area contributed by atoms with E-state index in [0.29, 0.717) is 6.29 Å². The van der Waals surface area contributed by atoms with Gasteiger partial charge in [-0.15, -0.1) is 0 Å². The fraction of sp³-hybridized carbons (Fsp3) is 0.588. The maximum atomic E-state index is 12.7. The van der Waals surface area contributed by atoms with Crippen LogP contribution in [0.2, 0.25) is 0 Å². The van der Waals surface area contributed by atoms with Gasteiger partial charge in [0.1, 0.15) is 6.29 Å². The van der Waals surface area contributed by atoms with Crippen molar-refractivity contribution in [3.05, 3.63) is 30.3 Å². The number of carbonyl (C=O) groups is 1. The van der Waals surface area contributed by atoms with Gasteiger partial charge in [0.05, 0.1) is 35.1 Å². The third kappa shape index (κ3) is 4.86. The van der Waals surface area contributed by atoms with Crippen LogP contribution in [0.1, 0.15) is 12.8 Å². The van der Waals surface area contributed by atoms with E-state index in [0.717, 1.165) is 0 Å². The zero-order valence-electron chi connectivity index (χ0n) is 14.2. The van der Waals surface area contributed by atoms with Gasteiger partial charge < -0.3 is 25.1 Å². The van der Waals surface area contributed by atoms with Crippen LogP contribution >= 0.6 is 0 Å². The molecule has 2 rings (SSSR count). The molecule has 7 nitrogen and oxygen atoms in total. The molecule has 1 saturated heterocycles. The number of aliphatic hydroxyl groups excluding tert-OH is 1. The summed E-state index contributed by atoms with van der Waals surface area (Å²) in [5.41, 5.74) is 5.44. The van der Waals surface area contributed by atoms with Gasteiger partial charge >= 0.3 is 0 Å². The highest BCUT2D eigenvalue weighted by Crippen LogP contribution is 2.35. The number of methoxy groups -OCH3 is 1. The van der Waals surface area contributed by atoms with Gasteiger partial charge in [-0.3, -0.25) is 0 Å². The molecule has 140 valence electrons. The molecule has 0 aliphatic carbocycles. The first-order valence-corrected chi connectivity index (χ1v) is 9.86. The van der Waals surface area contributed by atoms with Crippen LogP contribution < -0.4 is 5.73 Å². The lowest BCUT2D eigenvalue weighted by Crippen LogP contribution is -2.37. The van der Waals surface area contributed by atoms with Crippen molar-refractivity contribution < 1.29 is 27.8 Å². The van der Waals surface area contributed by atoms with E-state index in [1.807, 2.05) is 0 Å². The SMILES string of the molecule is CO[C@@H]1[C@@H](CS(=O)(=O)c2ccccc2)[C@H](CC=O)O[C@@H]1CC(O)CN. The minimum Gasteiger partial charge on any atom is -0.392 e. The summed E-state index contributed by atoms with van der Waals surface area (Å²) in [5.74, 6) is -0.696. The average molecular weight is 371 g/mol. The molecule has 0 radical (unpaired) electrons. The number of sulfone groups is 1. The van der Waals surface area contributed by atoms with Crippen LogP contribution in [0, 0.1) is 5.92 Å². The minimum atomic E-state index is -3.56. The van der Waals surface area contributed by atoms with Gasteiger partial charge in [0.15, 0.2) is 9.84 Å². The molecule has 1 aliphatic heterocycles. The summed E-state index contributed by atoms with van der Waals surface area (Å²) < 4.78 is 36.8. The Balaban J connectivity index is 2.23. The minimum absolute atomic E-state index is 0.0711. The molecular weight excluding hydrogens is 346 g/mol. The Hall–Kier alpha value is -1.32. The van der Waals surface area contributed by atoms with Gasteiger partial charge in [-0.2, -0.15) is 0 Å². The van der Waals surface area contributed by atoms with Crippen LogP contribution in [0.5, 0.6) is 0 Å². The van der Waals surface area contributed by atoms with E-state index in [9.17, 15) is 18.3 Å². The highest BCUT2D eigenvalue weighted by atomic mass is 32.2. The van der Waals surface area contributed by atoms with E-state index in [-0.39, 0.29) is 30.0 Å². The van der Waals surface area contributed by atoms with Gasteiger partial charge in [0.25, 0.3) is 0 Å². The van der Waals surface area contributed by atoms with Crippen molar-refractivity contribution in [1.29, 1.82) is 0 Å². The molecule has 1 aliphatic rings. The first-order valence-electron chi connectivity index (χ1n) is 8.20. The van der Waals surface area contributed by atoms with Crippen molar-refractivity contribution in [2.75, 3.05) is 19.4 Å². The topological polar surface area (TPSA) is 116 Å². The van der Waals surface area contributed by atoms with E-state index in [4.69, 9.17) is 15.2 Å². The summed E-state index contributed by atoms with van der Waals surface area (Å²) in [5, 5.41) is 9.80. The van der Waals surface area contributed by atoms with Gasteiger partial charge in [-0.25, -0.2) is 8.42 Å². The Bertz CT molecular complexity index is 650. The van der Waals surface area contributed by atoms with Crippen molar-refractivity contribution in [3.63, 3.8) is 0 Å². The quantitative estimate of drug-likeness (QED) is 0.594. The Labute approximate surface area is 148 Å². The van der Waals surface area contributed by atoms with Crippen molar-refractivity contribution >= 4 is 16.1 Å². The molecule has 0 bridgehead atoms. The summed E-state index contributed by atoms with van der Waals surface area (Å²) in [6.45, 7) is 0.0711. The standard InChI is InChI=1S/C17H25NO6S/c1-23-17-14(11-25(21,22)13-5-3-2-4-6-13)15(7-8-19)24-16(17)9-12(20)10-18/h2-6,8,12,14-17,20H,7,9-11,18H2,1H3/t12?,14-,15-,16+,17+/m0/s1. The molecule has 1 fully saturated rings. The number of aldehydes is 1. The normalized spacial score (nSPS) is 28.0. The molecular formula is C17H25NO6S. The predicted octanol–water partition coefficient (Wildman–Crippen LogP) is 0.158. The lowest BCUT2D eigenvalue weighted by molar-refractivity contribution is -0.110. The third-order valence-electron chi connectivity index (χ3n) is 4.51. The lowest BCUT2D eigenvalue weighted by Gasteiger charge is -2.23. The van der Waals surface area contributed by atoms with E-state index in [1.165, 1.54) is 19.2 Å². The molecule has 1 aromatic carbocycles. The largest absolute Gasteiger partial charge is 0.392 e. The molecule has 5 atom stereocenters. The number of rotatable bonds is 9. The second-order valence-corrected chi connectivity index (χ2v) is 8.23. The Morgan fingerprint density at radius 3 is 2.56 bits per heavy atom. The van der Waals surface area contributed by atoms with Crippen LogP contribution in [-0.4, -0.2) is 63.6 Å². The summed E-state index contributed by atoms with van der Waals surface area (Å²) in [6, 6.07) is 8.15. The maximum Gasteiger partial charge on any atom is 0.178 e. The zero-order chi connectivity index (χ0) is 18.4. The van der Waals surface area contributed by atoms with Crippen molar-refractivity contribution in [2.24, 2.45) is 11.7 Å². The van der Waals surface area contributed by atoms with E-state index in [2.05, 4.69) is 0 Å². The van der Waals surface area contributed by atoms with Gasteiger partial charge in [0, 0.05) is 32.4 Å². The summed E-state index contributed by atoms with van der Waals surface area (Å²) in [4.78, 5) is 11.2. The Kier molecular flexibility index (Phi) is 7.09. The molecule has 0 amide bonds. The molecule has 0 spiro atoms. The fourth-order valence-corrected chi connectivity index (χ4v) is 4.95. The highest BCUT2D eigenvalue weighted by molar-refractivity contribution is 7.91. The van der Waals surface area contributed by atoms with Crippen molar-refractivity contribution in [3.8, 4) is 0 Å². The maximum absolute atomic E-state index is 12.7. The average Bonchev–Trinajstić information content (AvgIpc) is 2.91. The second-order valence-electron chi connectivity index (χ2n) is 6.20. The molecule has 1 aromatic rings. The molecule has 25 heavy (non-hydrogen) atoms. The Morgan fingerprint density at radius 1 is 1.32 bits per heavy atom. The summed E-state index contributed by atoms with van der Waals surface area (Å²) in [7, 11) is -2.09. The fourth-order valence-electron chi connectivity index (χ4n) is 3.28. The smallest absolute Gasteiger partial charge is 0.178 e. The molecule has 0 aromatic heterocycles. The number of hydrogen-bond donors (Lipinski definition) is 2. The van der Waals surface area contributed by atoms with Crippen molar-refractivity contribution in [1.82, 2.24) is 0 Å². The Morgan fingerprint density at radius 2 is 2.00 bits per heavy atom. The summed E-state index contributed by atoms with van der Waals surface area (Å²) in [6.07, 6.45) is -1.38. The van der Waals surface area contributed by atoms with E-state index in [1.54, 1.807) is 18.2 Å². The number of aliphatic hydroxyl groups is 1. The number of carbonyl (C=O) groups excluding carboxylic acids is 1. The van der Waals surface area contributed by atoms with E-state index >= 15 is 0 Å². The van der Waals surface area contributed by atoms with Crippen LogP contribution in [0.15, 0.2) is 35.2 Å². The first-order chi connectivity index (χ1) is 11.9. The van der Waals surface area contributed by atoms with Crippen LogP contribution in [0.3, 0.4) is 0 Å². The van der Waals surface area contributed by atoms with Gasteiger partial charge in [-0.05, 0) is 12.1 Å². The molecule has 8 heteroatoms. The number of hydrogen-bond acceptors (Lipinski definition) is 7. The molecule has 3 N–H and O–H groups in total. The number of ether oxygens (including phenoxy) is 2.